The third-order valence-electron chi connectivity index (χ3n) is 2.95. The van der Waals surface area contributed by atoms with E-state index in [1.807, 2.05) is 7.85 Å². The van der Waals surface area contributed by atoms with Crippen LogP contribution >= 0.6 is 7.60 Å². The van der Waals surface area contributed by atoms with Crippen LogP contribution in [0.4, 0.5) is 4.39 Å². The minimum atomic E-state index is -2.96. The first-order valence-corrected chi connectivity index (χ1v) is 7.99. The van der Waals surface area contributed by atoms with Gasteiger partial charge in [-0.2, -0.15) is 0 Å². The highest BCUT2D eigenvalue weighted by Crippen LogP contribution is 2.50. The molecule has 0 heterocycles. The minimum absolute atomic E-state index is 0.00132. The Kier molecular flexibility index (Phi) is 5.91. The van der Waals surface area contributed by atoms with Crippen molar-refractivity contribution in [3.8, 4) is 0 Å². The zero-order valence-electron chi connectivity index (χ0n) is 10.8. The summed E-state index contributed by atoms with van der Waals surface area (Å²) in [6.07, 6.45) is 3.47. The fourth-order valence-electron chi connectivity index (χ4n) is 2.11. The second kappa shape index (κ2) is 6.72. The van der Waals surface area contributed by atoms with Crippen molar-refractivity contribution in [3.05, 3.63) is 11.9 Å². The van der Waals surface area contributed by atoms with Crippen LogP contribution < -0.4 is 0 Å². The summed E-state index contributed by atoms with van der Waals surface area (Å²) in [6.45, 7) is 4.34. The second-order valence-electron chi connectivity index (χ2n) is 4.41. The summed E-state index contributed by atoms with van der Waals surface area (Å²) in [5, 5.41) is 0. The Balaban J connectivity index is 2.45. The van der Waals surface area contributed by atoms with Gasteiger partial charge in [0.15, 0.2) is 0 Å². The van der Waals surface area contributed by atoms with Crippen LogP contribution in [-0.4, -0.2) is 27.2 Å². The van der Waals surface area contributed by atoms with E-state index in [-0.39, 0.29) is 17.6 Å². The van der Waals surface area contributed by atoms with Crippen molar-refractivity contribution < 1.29 is 18.0 Å². The van der Waals surface area contributed by atoms with Crippen LogP contribution in [-0.2, 0) is 13.6 Å². The molecule has 17 heavy (non-hydrogen) atoms. The lowest BCUT2D eigenvalue weighted by atomic mass is 9.84. The highest BCUT2D eigenvalue weighted by Gasteiger charge is 2.28. The molecule has 2 atom stereocenters. The van der Waals surface area contributed by atoms with Gasteiger partial charge in [-0.05, 0) is 38.4 Å². The smallest absolute Gasteiger partial charge is 0.309 e. The summed E-state index contributed by atoms with van der Waals surface area (Å²) in [5.74, 6) is 0.121. The van der Waals surface area contributed by atoms with Gasteiger partial charge >= 0.3 is 7.60 Å². The van der Waals surface area contributed by atoms with Crippen LogP contribution in [0.3, 0.4) is 0 Å². The van der Waals surface area contributed by atoms with Crippen molar-refractivity contribution in [2.75, 3.05) is 19.4 Å². The Bertz CT molecular complexity index is 312. The summed E-state index contributed by atoms with van der Waals surface area (Å²) in [7, 11) is -1.09. The van der Waals surface area contributed by atoms with Gasteiger partial charge in [0.05, 0.1) is 25.2 Å². The van der Waals surface area contributed by atoms with E-state index >= 15 is 0 Å². The van der Waals surface area contributed by atoms with Gasteiger partial charge in [0.1, 0.15) is 7.85 Å². The predicted molar refractivity (Wildman–Crippen MR) is 69.9 cm³/mol. The van der Waals surface area contributed by atoms with Gasteiger partial charge in [-0.3, -0.25) is 4.57 Å². The molecule has 0 aliphatic heterocycles. The predicted octanol–water partition coefficient (Wildman–Crippen LogP) is 2.94. The van der Waals surface area contributed by atoms with E-state index in [1.165, 1.54) is 0 Å². The summed E-state index contributed by atoms with van der Waals surface area (Å²) >= 11 is 0. The molecule has 0 bridgehead atoms. The number of hydrogen-bond donors (Lipinski definition) is 0. The fourth-order valence-corrected chi connectivity index (χ4v) is 3.88. The standard InChI is InChI=1S/C11H21BFO3P/c1-3-15-17(14,16-4-2)6-5-9-7-10(12)11(13)8-9/h8-10H,3-7,12H2,1-2H3. The molecule has 1 aliphatic rings. The average Bonchev–Trinajstić information content (AvgIpc) is 2.57. The van der Waals surface area contributed by atoms with Gasteiger partial charge in [-0.25, -0.2) is 4.39 Å². The van der Waals surface area contributed by atoms with Crippen LogP contribution in [0.5, 0.6) is 0 Å². The monoisotopic (exact) mass is 262 g/mol. The Labute approximate surface area is 104 Å². The van der Waals surface area contributed by atoms with Gasteiger partial charge in [0, 0.05) is 0 Å². The molecule has 0 amide bonds. The first-order valence-electron chi connectivity index (χ1n) is 6.26. The Hall–Kier alpha value is -0.115. The van der Waals surface area contributed by atoms with Gasteiger partial charge < -0.3 is 9.05 Å². The number of rotatable bonds is 7. The van der Waals surface area contributed by atoms with Crippen molar-refractivity contribution in [2.45, 2.75) is 32.5 Å². The number of hydrogen-bond acceptors (Lipinski definition) is 3. The van der Waals surface area contributed by atoms with Crippen molar-refractivity contribution in [3.63, 3.8) is 0 Å². The van der Waals surface area contributed by atoms with Crippen LogP contribution in [0.15, 0.2) is 11.9 Å². The van der Waals surface area contributed by atoms with E-state index in [0.717, 1.165) is 6.42 Å². The molecule has 0 aromatic heterocycles. The maximum absolute atomic E-state index is 13.2. The molecule has 1 rings (SSSR count). The van der Waals surface area contributed by atoms with E-state index < -0.39 is 7.60 Å². The molecular formula is C11H21BFO3P. The second-order valence-corrected chi connectivity index (χ2v) is 6.59. The zero-order chi connectivity index (χ0) is 12.9. The first kappa shape index (κ1) is 14.9. The lowest BCUT2D eigenvalue weighted by Crippen LogP contribution is -2.04. The highest BCUT2D eigenvalue weighted by atomic mass is 31.2. The first-order chi connectivity index (χ1) is 8.00. The minimum Gasteiger partial charge on any atom is -0.309 e. The fraction of sp³-hybridized carbons (Fsp3) is 0.818. The van der Waals surface area contributed by atoms with Crippen LogP contribution in [0, 0.1) is 5.92 Å². The SMILES string of the molecule is BC1CC(CCP(=O)(OCC)OCC)C=C1F. The lowest BCUT2D eigenvalue weighted by molar-refractivity contribution is 0.219. The maximum Gasteiger partial charge on any atom is 0.330 e. The molecule has 0 N–H and O–H groups in total. The topological polar surface area (TPSA) is 35.5 Å². The normalized spacial score (nSPS) is 25.0. The van der Waals surface area contributed by atoms with Crippen LogP contribution in [0.25, 0.3) is 0 Å². The highest BCUT2D eigenvalue weighted by molar-refractivity contribution is 7.53. The number of halogens is 1. The summed E-state index contributed by atoms with van der Waals surface area (Å²) < 4.78 is 35.8. The Morgan fingerprint density at radius 2 is 2.06 bits per heavy atom. The summed E-state index contributed by atoms with van der Waals surface area (Å²) in [5.41, 5.74) is 0. The van der Waals surface area contributed by atoms with Gasteiger partial charge in [-0.15, -0.1) is 0 Å². The van der Waals surface area contributed by atoms with E-state index in [2.05, 4.69) is 0 Å². The zero-order valence-corrected chi connectivity index (χ0v) is 11.7. The Morgan fingerprint density at radius 3 is 2.47 bits per heavy atom. The molecule has 0 aromatic carbocycles. The van der Waals surface area contributed by atoms with Crippen molar-refractivity contribution in [2.24, 2.45) is 5.92 Å². The van der Waals surface area contributed by atoms with Crippen molar-refractivity contribution >= 4 is 15.4 Å². The molecule has 6 heteroatoms. The van der Waals surface area contributed by atoms with Crippen LogP contribution in [0.1, 0.15) is 26.7 Å². The molecular weight excluding hydrogens is 241 g/mol. The Morgan fingerprint density at radius 1 is 1.47 bits per heavy atom. The molecule has 98 valence electrons. The molecule has 3 nitrogen and oxygen atoms in total. The quantitative estimate of drug-likeness (QED) is 0.522. The third kappa shape index (κ3) is 4.57. The molecule has 0 saturated carbocycles. The van der Waals surface area contributed by atoms with Crippen LogP contribution in [0.2, 0.25) is 5.82 Å². The summed E-state index contributed by atoms with van der Waals surface area (Å²) in [6, 6.07) is 0. The average molecular weight is 262 g/mol. The summed E-state index contributed by atoms with van der Waals surface area (Å²) in [4.78, 5) is 0. The van der Waals surface area contributed by atoms with E-state index in [9.17, 15) is 8.96 Å². The van der Waals surface area contributed by atoms with Gasteiger partial charge in [0.2, 0.25) is 0 Å². The van der Waals surface area contributed by atoms with Crippen molar-refractivity contribution in [1.29, 1.82) is 0 Å². The molecule has 0 aromatic rings. The van der Waals surface area contributed by atoms with E-state index in [1.54, 1.807) is 19.9 Å². The van der Waals surface area contributed by atoms with E-state index in [0.29, 0.717) is 25.8 Å². The molecule has 0 saturated heterocycles. The van der Waals surface area contributed by atoms with Gasteiger partial charge in [0.25, 0.3) is 0 Å². The largest absolute Gasteiger partial charge is 0.330 e. The van der Waals surface area contributed by atoms with Gasteiger partial charge in [-0.1, -0.05) is 6.08 Å². The molecule has 1 aliphatic carbocycles. The lowest BCUT2D eigenvalue weighted by Gasteiger charge is -2.18. The van der Waals surface area contributed by atoms with E-state index in [4.69, 9.17) is 9.05 Å². The molecule has 0 radical (unpaired) electrons. The third-order valence-corrected chi connectivity index (χ3v) is 5.06. The molecule has 0 spiro atoms. The maximum atomic E-state index is 13.2. The molecule has 2 unspecified atom stereocenters. The van der Waals surface area contributed by atoms with Crippen molar-refractivity contribution in [1.82, 2.24) is 0 Å². The number of allylic oxidation sites excluding steroid dienone is 2. The molecule has 0 fully saturated rings.